The van der Waals surface area contributed by atoms with Crippen LogP contribution in [-0.2, 0) is 14.3 Å². The van der Waals surface area contributed by atoms with E-state index < -0.39 is 23.9 Å². The third-order valence-electron chi connectivity index (χ3n) is 14.5. The van der Waals surface area contributed by atoms with Crippen LogP contribution < -0.4 is 0 Å². The molecule has 0 radical (unpaired) electrons. The first-order valence-corrected chi connectivity index (χ1v) is 15.9. The molecule has 0 aromatic heterocycles. The van der Waals surface area contributed by atoms with Crippen LogP contribution in [0.3, 0.4) is 0 Å². The van der Waals surface area contributed by atoms with Crippen LogP contribution in [0.4, 0.5) is 0 Å². The normalized spacial score (nSPS) is 54.3. The molecule has 39 heavy (non-hydrogen) atoms. The van der Waals surface area contributed by atoms with Crippen LogP contribution in [0.15, 0.2) is 0 Å². The monoisotopic (exact) mass is 546 g/mol. The largest absolute Gasteiger partial charge is 0.457 e. The molecule has 6 fully saturated rings. The Morgan fingerprint density at radius 1 is 1.03 bits per heavy atom. The minimum Gasteiger partial charge on any atom is -0.457 e. The van der Waals surface area contributed by atoms with E-state index >= 15 is 0 Å². The van der Waals surface area contributed by atoms with Gasteiger partial charge in [0.05, 0.1) is 24.4 Å². The molecule has 1 heterocycles. The van der Waals surface area contributed by atoms with Crippen molar-refractivity contribution in [2.45, 2.75) is 149 Å². The summed E-state index contributed by atoms with van der Waals surface area (Å²) in [5.41, 5.74) is -0.814. The zero-order valence-electron chi connectivity index (χ0n) is 25.6. The highest BCUT2D eigenvalue weighted by Crippen LogP contribution is 2.89. The number of esters is 1. The number of hydrogen-bond acceptors (Lipinski definition) is 6. The standard InChI is InChI=1S/C33H54O6/c1-9-23(35)39-29(5,6)26(36)19-16-18(2)24-25(38-19)27(37)31(8)21-11-10-20-28(3,4)22(34)12-13-32(20)17-33(21,32)15-14-30(24,31)7/h18-22,24-27,34,36-37H,9-17H2,1-8H3/t18-,19-,20+,21+,22+,24+,25+,26+,27+,30-,31-,32-,33+/m1/s1. The van der Waals surface area contributed by atoms with Gasteiger partial charge in [0.25, 0.3) is 0 Å². The Morgan fingerprint density at radius 2 is 1.67 bits per heavy atom. The summed E-state index contributed by atoms with van der Waals surface area (Å²) in [7, 11) is 0. The van der Waals surface area contributed by atoms with Crippen LogP contribution >= 0.6 is 0 Å². The van der Waals surface area contributed by atoms with E-state index in [0.29, 0.717) is 23.7 Å². The number of carbonyl (C=O) groups excluding carboxylic acids is 1. The van der Waals surface area contributed by atoms with Gasteiger partial charge in [0.2, 0.25) is 0 Å². The lowest BCUT2D eigenvalue weighted by molar-refractivity contribution is -0.213. The number of rotatable bonds is 4. The summed E-state index contributed by atoms with van der Waals surface area (Å²) in [6.07, 6.45) is 6.25. The Hall–Kier alpha value is -0.690. The van der Waals surface area contributed by atoms with Crippen LogP contribution in [0.5, 0.6) is 0 Å². The number of carbonyl (C=O) groups is 1. The molecular weight excluding hydrogens is 492 g/mol. The topological polar surface area (TPSA) is 96.2 Å². The maximum Gasteiger partial charge on any atom is 0.306 e. The zero-order chi connectivity index (χ0) is 28.6. The fourth-order valence-electron chi connectivity index (χ4n) is 12.4. The molecule has 6 aliphatic rings. The van der Waals surface area contributed by atoms with E-state index in [-0.39, 0.29) is 58.1 Å². The van der Waals surface area contributed by atoms with E-state index in [1.807, 2.05) is 0 Å². The van der Waals surface area contributed by atoms with Gasteiger partial charge in [-0.1, -0.05) is 41.5 Å². The van der Waals surface area contributed by atoms with Crippen molar-refractivity contribution in [1.82, 2.24) is 0 Å². The molecule has 0 bridgehead atoms. The molecular formula is C33H54O6. The molecule has 0 aromatic carbocycles. The van der Waals surface area contributed by atoms with Gasteiger partial charge in [-0.15, -0.1) is 0 Å². The Balaban J connectivity index is 1.31. The van der Waals surface area contributed by atoms with Crippen molar-refractivity contribution in [2.75, 3.05) is 0 Å². The first kappa shape index (κ1) is 28.4. The van der Waals surface area contributed by atoms with Crippen molar-refractivity contribution in [1.29, 1.82) is 0 Å². The lowest BCUT2D eigenvalue weighted by Crippen LogP contribution is -2.59. The van der Waals surface area contributed by atoms with Gasteiger partial charge in [-0.3, -0.25) is 4.79 Å². The smallest absolute Gasteiger partial charge is 0.306 e. The molecule has 222 valence electrons. The van der Waals surface area contributed by atoms with Crippen LogP contribution in [0.2, 0.25) is 0 Å². The summed E-state index contributed by atoms with van der Waals surface area (Å²) in [6.45, 7) is 17.0. The molecule has 2 spiro atoms. The molecule has 3 N–H and O–H groups in total. The Bertz CT molecular complexity index is 1020. The maximum absolute atomic E-state index is 12.3. The van der Waals surface area contributed by atoms with Crippen molar-refractivity contribution >= 4 is 5.97 Å². The summed E-state index contributed by atoms with van der Waals surface area (Å²) in [4.78, 5) is 12.1. The maximum atomic E-state index is 12.3. The molecule has 0 amide bonds. The van der Waals surface area contributed by atoms with Crippen molar-refractivity contribution in [2.24, 2.45) is 50.7 Å². The molecule has 5 saturated carbocycles. The number of aliphatic hydroxyl groups is 3. The summed E-state index contributed by atoms with van der Waals surface area (Å²) in [5, 5.41) is 34.7. The van der Waals surface area contributed by atoms with Gasteiger partial charge in [-0.2, -0.15) is 0 Å². The van der Waals surface area contributed by atoms with Gasteiger partial charge < -0.3 is 24.8 Å². The molecule has 0 aromatic rings. The van der Waals surface area contributed by atoms with Crippen LogP contribution in [0.25, 0.3) is 0 Å². The van der Waals surface area contributed by atoms with Crippen LogP contribution in [0, 0.1) is 50.7 Å². The average Bonchev–Trinajstić information content (AvgIpc) is 3.50. The molecule has 6 nitrogen and oxygen atoms in total. The first-order chi connectivity index (χ1) is 18.0. The molecule has 13 atom stereocenters. The fraction of sp³-hybridized carbons (Fsp3) is 0.970. The van der Waals surface area contributed by atoms with Crippen molar-refractivity contribution in [3.05, 3.63) is 0 Å². The van der Waals surface area contributed by atoms with E-state index in [9.17, 15) is 20.1 Å². The summed E-state index contributed by atoms with van der Waals surface area (Å²) >= 11 is 0. The van der Waals surface area contributed by atoms with Gasteiger partial charge in [0.1, 0.15) is 11.7 Å². The zero-order valence-corrected chi connectivity index (χ0v) is 25.6. The third-order valence-corrected chi connectivity index (χ3v) is 14.5. The van der Waals surface area contributed by atoms with E-state index in [1.54, 1.807) is 20.8 Å². The first-order valence-electron chi connectivity index (χ1n) is 15.9. The molecule has 0 unspecified atom stereocenters. The van der Waals surface area contributed by atoms with E-state index in [1.165, 1.54) is 12.8 Å². The minimum absolute atomic E-state index is 0.0349. The van der Waals surface area contributed by atoms with Crippen LogP contribution in [0.1, 0.15) is 113 Å². The SMILES string of the molecule is CCC(=O)OC(C)(C)[C@@H](O)[C@H]1C[C@@H](C)[C@H]2[C@H](O1)[C@H](O)[C@@]1(C)[C@@H]3CC[C@H]4C(C)(C)[C@@H](O)CC[C@@]45C[C@@]35CC[C@]21C. The molecule has 6 heteroatoms. The van der Waals surface area contributed by atoms with Gasteiger partial charge >= 0.3 is 5.97 Å². The van der Waals surface area contributed by atoms with Crippen LogP contribution in [-0.4, -0.2) is 57.4 Å². The summed E-state index contributed by atoms with van der Waals surface area (Å²) in [6, 6.07) is 0. The van der Waals surface area contributed by atoms with Gasteiger partial charge in [-0.05, 0) is 111 Å². The number of ether oxygens (including phenoxy) is 2. The fourth-order valence-corrected chi connectivity index (χ4v) is 12.4. The third kappa shape index (κ3) is 3.32. The molecule has 1 aliphatic heterocycles. The van der Waals surface area contributed by atoms with Gasteiger partial charge in [0, 0.05) is 11.8 Å². The average molecular weight is 547 g/mol. The predicted octanol–water partition coefficient (Wildman–Crippen LogP) is 5.25. The molecule has 5 aliphatic carbocycles. The molecule has 1 saturated heterocycles. The van der Waals surface area contributed by atoms with Gasteiger partial charge in [-0.25, -0.2) is 0 Å². The number of hydrogen-bond donors (Lipinski definition) is 3. The predicted molar refractivity (Wildman–Crippen MR) is 149 cm³/mol. The quantitative estimate of drug-likeness (QED) is 0.417. The highest BCUT2D eigenvalue weighted by atomic mass is 16.6. The van der Waals surface area contributed by atoms with Crippen molar-refractivity contribution in [3.63, 3.8) is 0 Å². The van der Waals surface area contributed by atoms with Crippen molar-refractivity contribution < 1.29 is 29.6 Å². The Labute approximate surface area is 235 Å². The summed E-state index contributed by atoms with van der Waals surface area (Å²) < 4.78 is 12.4. The van der Waals surface area contributed by atoms with E-state index in [0.717, 1.165) is 32.1 Å². The lowest BCUT2D eigenvalue weighted by atomic mass is 9.41. The van der Waals surface area contributed by atoms with E-state index in [4.69, 9.17) is 9.47 Å². The minimum atomic E-state index is -1.06. The molecule has 6 rings (SSSR count). The second-order valence-electron chi connectivity index (χ2n) is 16.4. The summed E-state index contributed by atoms with van der Waals surface area (Å²) in [5.74, 6) is 1.20. The second kappa shape index (κ2) is 8.45. The highest BCUT2D eigenvalue weighted by Gasteiger charge is 2.84. The number of aliphatic hydroxyl groups excluding tert-OH is 3. The van der Waals surface area contributed by atoms with Crippen molar-refractivity contribution in [3.8, 4) is 0 Å². The highest BCUT2D eigenvalue weighted by molar-refractivity contribution is 5.69. The Kier molecular flexibility index (Phi) is 6.16. The van der Waals surface area contributed by atoms with E-state index in [2.05, 4.69) is 34.6 Å². The van der Waals surface area contributed by atoms with Gasteiger partial charge in [0.15, 0.2) is 0 Å². The number of fused-ring (bicyclic) bond motifs is 4. The second-order valence-corrected chi connectivity index (χ2v) is 16.4. The lowest BCUT2D eigenvalue weighted by Gasteiger charge is -2.63. The Morgan fingerprint density at radius 3 is 2.33 bits per heavy atom.